The lowest BCUT2D eigenvalue weighted by atomic mass is 9.70. The number of aliphatic hydroxyl groups excluding tert-OH is 1. The molecule has 0 aromatic heterocycles. The first-order valence-corrected chi connectivity index (χ1v) is 19.9. The number of benzene rings is 3. The van der Waals surface area contributed by atoms with E-state index in [0.717, 1.165) is 11.1 Å². The molecule has 3 aromatic rings. The second-order valence-electron chi connectivity index (χ2n) is 14.8. The van der Waals surface area contributed by atoms with E-state index in [2.05, 4.69) is 34.4 Å². The van der Waals surface area contributed by atoms with Crippen LogP contribution >= 0.6 is 15.9 Å². The summed E-state index contributed by atoms with van der Waals surface area (Å²) >= 11 is 3.77. The highest BCUT2D eigenvalue weighted by Crippen LogP contribution is 2.61. The number of nitrogens with zero attached hydrogens (tertiary/aromatic N) is 2. The number of hydrogen-bond acceptors (Lipinski definition) is 8. The number of allylic oxidation sites excluding steroid dienone is 1. The maximum Gasteiger partial charge on any atom is 0.313 e. The van der Waals surface area contributed by atoms with E-state index < -0.39 is 77.0 Å². The molecule has 3 aliphatic heterocycles. The van der Waals surface area contributed by atoms with Crippen molar-refractivity contribution in [2.24, 2.45) is 11.8 Å². The van der Waals surface area contributed by atoms with Crippen molar-refractivity contribution in [2.45, 2.75) is 73.9 Å². The largest absolute Gasteiger partial charge is 0.455 e. The minimum atomic E-state index is -1.46. The van der Waals surface area contributed by atoms with Gasteiger partial charge in [-0.05, 0) is 55.0 Å². The van der Waals surface area contributed by atoms with Crippen LogP contribution < -0.4 is 10.2 Å². The second-order valence-corrected chi connectivity index (χ2v) is 15.9. The third-order valence-electron chi connectivity index (χ3n) is 11.2. The zero-order valence-electron chi connectivity index (χ0n) is 32.0. The van der Waals surface area contributed by atoms with Crippen molar-refractivity contribution in [3.63, 3.8) is 0 Å². The summed E-state index contributed by atoms with van der Waals surface area (Å²) in [5, 5.41) is 14.0. The number of anilines is 1. The molecular weight excluding hydrogens is 778 g/mol. The summed E-state index contributed by atoms with van der Waals surface area (Å²) in [6.07, 6.45) is 2.37. The van der Waals surface area contributed by atoms with E-state index in [1.165, 1.54) is 12.0 Å². The number of amides is 3. The lowest BCUT2D eigenvalue weighted by Crippen LogP contribution is -2.57. The SMILES string of the molecule is C=CCCC(=O)N[C@@H](COC)[C@@H](OC(=O)[C@H]1[C@@H]2O[C@@]3(CC2Br)[C@@H]1C(=O)N([C@H](CO)c1ccccc1)[C@@H]3C(=O)N(CC=C)c1cc(C)ccc1C)c1ccccc1. The molecule has 3 fully saturated rings. The van der Waals surface area contributed by atoms with E-state index in [1.54, 1.807) is 41.3 Å². The summed E-state index contributed by atoms with van der Waals surface area (Å²) < 4.78 is 18.8. The van der Waals surface area contributed by atoms with Crippen LogP contribution in [-0.4, -0.2) is 89.2 Å². The Labute approximate surface area is 336 Å². The van der Waals surface area contributed by atoms with Crippen molar-refractivity contribution in [2.75, 3.05) is 31.8 Å². The van der Waals surface area contributed by atoms with Crippen LogP contribution in [0, 0.1) is 25.7 Å². The van der Waals surface area contributed by atoms with Crippen LogP contribution in [0.3, 0.4) is 0 Å². The van der Waals surface area contributed by atoms with Crippen LogP contribution in [0.2, 0.25) is 0 Å². The first-order chi connectivity index (χ1) is 27.0. The number of carbonyl (C=O) groups excluding carboxylic acids is 4. The van der Waals surface area contributed by atoms with Gasteiger partial charge < -0.3 is 34.4 Å². The third kappa shape index (κ3) is 7.72. The molecular formula is C44H50BrN3O8. The Balaban J connectivity index is 1.44. The normalized spacial score (nSPS) is 25.2. The Morgan fingerprint density at radius 1 is 1.05 bits per heavy atom. The molecule has 6 rings (SSSR count). The van der Waals surface area contributed by atoms with Crippen LogP contribution in [0.25, 0.3) is 0 Å². The Morgan fingerprint density at radius 2 is 1.73 bits per heavy atom. The molecule has 1 spiro atoms. The number of likely N-dealkylation sites (tertiary alicyclic amines) is 1. The van der Waals surface area contributed by atoms with Gasteiger partial charge in [-0.1, -0.05) is 101 Å². The van der Waals surface area contributed by atoms with Crippen LogP contribution in [0.1, 0.15) is 53.7 Å². The van der Waals surface area contributed by atoms with E-state index in [1.807, 2.05) is 68.4 Å². The summed E-state index contributed by atoms with van der Waals surface area (Å²) in [6, 6.07) is 21.0. The van der Waals surface area contributed by atoms with E-state index in [-0.39, 0.29) is 31.9 Å². The predicted molar refractivity (Wildman–Crippen MR) is 216 cm³/mol. The van der Waals surface area contributed by atoms with Gasteiger partial charge in [0.05, 0.1) is 43.2 Å². The number of hydrogen-bond donors (Lipinski definition) is 2. The molecule has 2 bridgehead atoms. The van der Waals surface area contributed by atoms with Crippen molar-refractivity contribution < 1.29 is 38.5 Å². The monoisotopic (exact) mass is 827 g/mol. The van der Waals surface area contributed by atoms with Crippen molar-refractivity contribution in [3.05, 3.63) is 126 Å². The molecule has 3 saturated heterocycles. The highest BCUT2D eigenvalue weighted by atomic mass is 79.9. The van der Waals surface area contributed by atoms with Gasteiger partial charge in [0.15, 0.2) is 0 Å². The molecule has 0 radical (unpaired) electrons. The van der Waals surface area contributed by atoms with E-state index in [0.29, 0.717) is 23.2 Å². The van der Waals surface area contributed by atoms with Gasteiger partial charge in [0.1, 0.15) is 17.7 Å². The fraction of sp³-hybridized carbons (Fsp3) is 0.409. The van der Waals surface area contributed by atoms with Crippen molar-refractivity contribution in [3.8, 4) is 0 Å². The number of carbonyl (C=O) groups is 4. The second kappa shape index (κ2) is 17.7. The summed E-state index contributed by atoms with van der Waals surface area (Å²) in [5.41, 5.74) is 2.24. The average Bonchev–Trinajstić information content (AvgIpc) is 3.80. The van der Waals surface area contributed by atoms with Gasteiger partial charge >= 0.3 is 5.97 Å². The van der Waals surface area contributed by atoms with Crippen molar-refractivity contribution >= 4 is 45.3 Å². The summed E-state index contributed by atoms with van der Waals surface area (Å²) in [5.74, 6) is -4.13. The minimum absolute atomic E-state index is 0.0295. The van der Waals surface area contributed by atoms with Crippen LogP contribution in [0.5, 0.6) is 0 Å². The first-order valence-electron chi connectivity index (χ1n) is 18.9. The maximum atomic E-state index is 15.3. The molecule has 0 aliphatic carbocycles. The Hall–Kier alpha value is -4.62. The number of ether oxygens (including phenoxy) is 3. The number of esters is 1. The van der Waals surface area contributed by atoms with Crippen molar-refractivity contribution in [1.29, 1.82) is 0 Å². The lowest BCUT2D eigenvalue weighted by molar-refractivity contribution is -0.163. The number of nitrogens with one attached hydrogen (secondary N) is 1. The van der Waals surface area contributed by atoms with Gasteiger partial charge in [0.25, 0.3) is 5.91 Å². The molecule has 0 saturated carbocycles. The van der Waals surface area contributed by atoms with E-state index in [9.17, 15) is 14.7 Å². The number of methoxy groups -OCH3 is 1. The fourth-order valence-corrected chi connectivity index (χ4v) is 9.64. The Morgan fingerprint density at radius 3 is 2.36 bits per heavy atom. The summed E-state index contributed by atoms with van der Waals surface area (Å²) in [7, 11) is 1.50. The minimum Gasteiger partial charge on any atom is -0.455 e. The highest BCUT2D eigenvalue weighted by Gasteiger charge is 2.78. The standard InChI is InChI=1S/C44H50BrN3O8/c1-6-8-19-35(50)46-32(26-54-5)38(30-17-13-10-14-18-30)55-43(53)36-37-41(51)48(34(25-49)29-15-11-9-12-16-29)40(44(37)24-31(45)39(36)56-44)42(52)47(22-7-2)33-23-27(3)20-21-28(33)4/h6-7,9-18,20-21,23,31-32,34,36-40,49H,1-2,8,19,22,24-26H2,3-5H3,(H,46,50)/t31?,32-,34+,36+,37-,38-,39+,40+,44-/m0/s1. The molecule has 56 heavy (non-hydrogen) atoms. The third-order valence-corrected chi connectivity index (χ3v) is 12.0. The highest BCUT2D eigenvalue weighted by molar-refractivity contribution is 9.09. The maximum absolute atomic E-state index is 15.3. The topological polar surface area (TPSA) is 135 Å². The molecule has 2 N–H and O–H groups in total. The lowest BCUT2D eigenvalue weighted by Gasteiger charge is -2.39. The van der Waals surface area contributed by atoms with Crippen LogP contribution in [0.4, 0.5) is 5.69 Å². The van der Waals surface area contributed by atoms with Gasteiger partial charge in [-0.15, -0.1) is 13.2 Å². The summed E-state index contributed by atoms with van der Waals surface area (Å²) in [6.45, 7) is 11.2. The van der Waals surface area contributed by atoms with Gasteiger partial charge in [0.2, 0.25) is 11.8 Å². The van der Waals surface area contributed by atoms with Crippen molar-refractivity contribution in [1.82, 2.24) is 10.2 Å². The molecule has 3 heterocycles. The smallest absolute Gasteiger partial charge is 0.313 e. The average molecular weight is 829 g/mol. The number of fused-ring (bicyclic) bond motifs is 1. The molecule has 296 valence electrons. The molecule has 3 amide bonds. The van der Waals surface area contributed by atoms with Crippen LogP contribution in [0.15, 0.2) is 104 Å². The zero-order chi connectivity index (χ0) is 40.1. The quantitative estimate of drug-likeness (QED) is 0.101. The van der Waals surface area contributed by atoms with Gasteiger partial charge in [-0.3, -0.25) is 19.2 Å². The summed E-state index contributed by atoms with van der Waals surface area (Å²) in [4.78, 5) is 61.0. The molecule has 3 aromatic carbocycles. The van der Waals surface area contributed by atoms with Crippen LogP contribution in [-0.2, 0) is 33.4 Å². The van der Waals surface area contributed by atoms with Gasteiger partial charge in [-0.25, -0.2) is 0 Å². The molecule has 1 unspecified atom stereocenters. The molecule has 9 atom stereocenters. The number of aryl methyl sites for hydroxylation is 2. The van der Waals surface area contributed by atoms with E-state index in [4.69, 9.17) is 14.2 Å². The molecule has 3 aliphatic rings. The zero-order valence-corrected chi connectivity index (χ0v) is 33.6. The fourth-order valence-electron chi connectivity index (χ4n) is 8.70. The number of rotatable bonds is 17. The predicted octanol–water partition coefficient (Wildman–Crippen LogP) is 5.69. The Kier molecular flexibility index (Phi) is 12.9. The van der Waals surface area contributed by atoms with E-state index >= 15 is 9.59 Å². The van der Waals surface area contributed by atoms with Gasteiger partial charge in [0, 0.05) is 30.6 Å². The number of aliphatic hydroxyl groups is 1. The van der Waals surface area contributed by atoms with Gasteiger partial charge in [-0.2, -0.15) is 0 Å². The number of alkyl halides is 1. The molecule has 12 heteroatoms. The molecule has 11 nitrogen and oxygen atoms in total. The first kappa shape index (κ1) is 41.0. The number of halogens is 1. The Bertz CT molecular complexity index is 1930.